The predicted octanol–water partition coefficient (Wildman–Crippen LogP) is 5.51. The van der Waals surface area contributed by atoms with E-state index in [0.29, 0.717) is 22.4 Å². The third-order valence-corrected chi connectivity index (χ3v) is 8.04. The van der Waals surface area contributed by atoms with Crippen LogP contribution in [0.1, 0.15) is 36.1 Å². The predicted molar refractivity (Wildman–Crippen MR) is 144 cm³/mol. The number of halogens is 1. The fourth-order valence-electron chi connectivity index (χ4n) is 5.11. The van der Waals surface area contributed by atoms with Crippen LogP contribution in [0, 0.1) is 11.7 Å². The Morgan fingerprint density at radius 2 is 1.47 bits per heavy atom. The zero-order valence-electron chi connectivity index (χ0n) is 20.4. The van der Waals surface area contributed by atoms with Gasteiger partial charge in [0, 0.05) is 5.69 Å². The molecule has 0 aliphatic carbocycles. The van der Waals surface area contributed by atoms with Crippen molar-refractivity contribution < 1.29 is 28.6 Å². The Kier molecular flexibility index (Phi) is 7.28. The Balaban J connectivity index is 1.51. The monoisotopic (exact) mass is 531 g/mol. The van der Waals surface area contributed by atoms with Gasteiger partial charge in [-0.25, -0.2) is 4.39 Å². The Bertz CT molecular complexity index is 1470. The van der Waals surface area contributed by atoms with Crippen LogP contribution in [-0.2, 0) is 9.36 Å². The lowest BCUT2D eigenvalue weighted by Gasteiger charge is -2.48. The van der Waals surface area contributed by atoms with Crippen molar-refractivity contribution in [1.29, 1.82) is 0 Å². The number of hydrogen-bond acceptors (Lipinski definition) is 3. The number of carbonyl (C=O) groups excluding carboxylic acids is 1. The Hall–Kier alpha value is -3.61. The number of para-hydroxylation sites is 1. The number of aliphatic hydroxyl groups excluding tert-OH is 1. The quantitative estimate of drug-likeness (QED) is 0.206. The summed E-state index contributed by atoms with van der Waals surface area (Å²) in [7, 11) is -4.71. The second-order valence-electron chi connectivity index (χ2n) is 9.42. The minimum absolute atomic E-state index is 0.124. The maximum Gasteiger partial charge on any atom is 0.356 e. The molecule has 0 radical (unpaired) electrons. The number of aliphatic hydroxyl groups is 1. The van der Waals surface area contributed by atoms with Gasteiger partial charge in [0.25, 0.3) is 0 Å². The largest absolute Gasteiger partial charge is 0.388 e. The minimum atomic E-state index is -4.71. The third-order valence-electron chi connectivity index (χ3n) is 7.02. The topological polar surface area (TPSA) is 98.1 Å². The number of β-lactam (4-membered cyclic amide) rings is 1. The second kappa shape index (κ2) is 10.6. The molecule has 6 nitrogen and oxygen atoms in total. The highest BCUT2D eigenvalue weighted by atomic mass is 31.2. The summed E-state index contributed by atoms with van der Waals surface area (Å²) >= 11 is 0. The highest BCUT2D eigenvalue weighted by Crippen LogP contribution is 2.49. The van der Waals surface area contributed by atoms with Crippen molar-refractivity contribution in [3.8, 4) is 11.1 Å². The van der Waals surface area contributed by atoms with E-state index in [9.17, 15) is 28.6 Å². The average Bonchev–Trinajstić information content (AvgIpc) is 2.92. The molecule has 4 aromatic carbocycles. The van der Waals surface area contributed by atoms with Crippen LogP contribution in [0.4, 0.5) is 10.1 Å². The van der Waals surface area contributed by atoms with Crippen LogP contribution < -0.4 is 10.2 Å². The molecule has 1 aliphatic heterocycles. The molecule has 0 spiro atoms. The van der Waals surface area contributed by atoms with Gasteiger partial charge in [-0.15, -0.1) is 0 Å². The first-order valence-electron chi connectivity index (χ1n) is 12.3. The summed E-state index contributed by atoms with van der Waals surface area (Å²) in [4.78, 5) is 35.6. The molecule has 5 rings (SSSR count). The van der Waals surface area contributed by atoms with Gasteiger partial charge in [0.15, 0.2) is 0 Å². The molecular formula is C30H27FNO5P. The number of amides is 1. The molecule has 3 N–H and O–H groups in total. The van der Waals surface area contributed by atoms with Crippen molar-refractivity contribution in [2.75, 3.05) is 4.90 Å². The number of nitrogens with zero attached hydrogens (tertiary/aromatic N) is 1. The smallest absolute Gasteiger partial charge is 0.356 e. The van der Waals surface area contributed by atoms with Crippen molar-refractivity contribution in [3.05, 3.63) is 120 Å². The number of benzene rings is 4. The summed E-state index contributed by atoms with van der Waals surface area (Å²) in [6, 6.07) is 28.2. The van der Waals surface area contributed by atoms with Gasteiger partial charge in [-0.2, -0.15) is 0 Å². The van der Waals surface area contributed by atoms with E-state index in [1.807, 2.05) is 36.4 Å². The van der Waals surface area contributed by atoms with Crippen LogP contribution in [-0.4, -0.2) is 20.8 Å². The van der Waals surface area contributed by atoms with E-state index in [2.05, 4.69) is 0 Å². The molecule has 0 bridgehead atoms. The second-order valence-corrected chi connectivity index (χ2v) is 11.0. The van der Waals surface area contributed by atoms with Crippen LogP contribution in [0.3, 0.4) is 0 Å². The summed E-state index contributed by atoms with van der Waals surface area (Å²) in [5.74, 6) is -1.19. The minimum Gasteiger partial charge on any atom is -0.388 e. The van der Waals surface area contributed by atoms with Crippen LogP contribution in [0.2, 0.25) is 0 Å². The van der Waals surface area contributed by atoms with Crippen molar-refractivity contribution in [3.63, 3.8) is 0 Å². The maximum atomic E-state index is 13.4. The highest BCUT2D eigenvalue weighted by molar-refractivity contribution is 7.60. The molecule has 1 amide bonds. The molecule has 1 aliphatic rings. The molecule has 194 valence electrons. The van der Waals surface area contributed by atoms with Crippen molar-refractivity contribution in [2.45, 2.75) is 25.0 Å². The van der Waals surface area contributed by atoms with Gasteiger partial charge in [0.2, 0.25) is 5.91 Å². The molecular weight excluding hydrogens is 504 g/mol. The zero-order chi connectivity index (χ0) is 26.9. The Morgan fingerprint density at radius 1 is 0.842 bits per heavy atom. The van der Waals surface area contributed by atoms with Gasteiger partial charge in [-0.05, 0) is 65.4 Å². The lowest BCUT2D eigenvalue weighted by atomic mass is 9.78. The van der Waals surface area contributed by atoms with Crippen molar-refractivity contribution in [2.24, 2.45) is 5.92 Å². The first kappa shape index (κ1) is 26.0. The molecule has 0 aromatic heterocycles. The Labute approximate surface area is 220 Å². The SMILES string of the molecule is O=C1[C@H](CC[C@H](O)c2ccc(F)cc2)[C@@H](c2ccc(-c3ccccc3)cc2P(=O)(O)O)N1c1ccccc1. The molecule has 0 saturated carbocycles. The summed E-state index contributed by atoms with van der Waals surface area (Å²) in [5.41, 5.74) is 3.02. The van der Waals surface area contributed by atoms with E-state index in [0.717, 1.165) is 5.56 Å². The van der Waals surface area contributed by atoms with Crippen molar-refractivity contribution in [1.82, 2.24) is 0 Å². The van der Waals surface area contributed by atoms with Crippen LogP contribution >= 0.6 is 7.60 Å². The van der Waals surface area contributed by atoms with E-state index in [4.69, 9.17) is 0 Å². The van der Waals surface area contributed by atoms with Gasteiger partial charge >= 0.3 is 7.60 Å². The first-order chi connectivity index (χ1) is 18.2. The lowest BCUT2D eigenvalue weighted by Crippen LogP contribution is -2.56. The van der Waals surface area contributed by atoms with E-state index >= 15 is 0 Å². The third kappa shape index (κ3) is 5.19. The molecule has 38 heavy (non-hydrogen) atoms. The fraction of sp³-hybridized carbons (Fsp3) is 0.167. The van der Waals surface area contributed by atoms with E-state index in [1.165, 1.54) is 30.3 Å². The summed E-state index contributed by atoms with van der Waals surface area (Å²) in [6.45, 7) is 0. The number of rotatable bonds is 8. The molecule has 0 unspecified atom stereocenters. The van der Waals surface area contributed by atoms with E-state index < -0.39 is 31.5 Å². The summed E-state index contributed by atoms with van der Waals surface area (Å²) < 4.78 is 26.0. The van der Waals surface area contributed by atoms with Gasteiger partial charge in [-0.1, -0.05) is 72.8 Å². The lowest BCUT2D eigenvalue weighted by molar-refractivity contribution is -0.131. The van der Waals surface area contributed by atoms with Crippen molar-refractivity contribution >= 4 is 24.5 Å². The van der Waals surface area contributed by atoms with Crippen LogP contribution in [0.25, 0.3) is 11.1 Å². The van der Waals surface area contributed by atoms with E-state index in [-0.39, 0.29) is 24.1 Å². The molecule has 4 aromatic rings. The average molecular weight is 532 g/mol. The van der Waals surface area contributed by atoms with Gasteiger partial charge in [0.05, 0.1) is 23.4 Å². The highest BCUT2D eigenvalue weighted by Gasteiger charge is 2.50. The van der Waals surface area contributed by atoms with Gasteiger partial charge in [0.1, 0.15) is 5.82 Å². The first-order valence-corrected chi connectivity index (χ1v) is 13.9. The van der Waals surface area contributed by atoms with Gasteiger partial charge in [-0.3, -0.25) is 9.36 Å². The number of anilines is 1. The molecule has 1 fully saturated rings. The number of hydrogen-bond donors (Lipinski definition) is 3. The molecule has 8 heteroatoms. The van der Waals surface area contributed by atoms with Gasteiger partial charge < -0.3 is 19.8 Å². The standard InChI is InChI=1S/C30H27FNO5P/c31-23-14-11-21(12-15-23)27(33)18-17-26-29(32(30(26)34)24-9-5-2-6-10-24)25-16-13-22(19-28(25)38(35,36)37)20-7-3-1-4-8-20/h1-16,19,26-27,29,33H,17-18H2,(H2,35,36,37)/t26-,27+,29-/m1/s1. The Morgan fingerprint density at radius 3 is 2.11 bits per heavy atom. The molecule has 1 saturated heterocycles. The summed E-state index contributed by atoms with van der Waals surface area (Å²) in [5, 5.41) is 10.6. The fourth-order valence-corrected chi connectivity index (χ4v) is 5.96. The zero-order valence-corrected chi connectivity index (χ0v) is 21.3. The molecule has 3 atom stereocenters. The maximum absolute atomic E-state index is 13.4. The normalized spacial score (nSPS) is 18.2. The van der Waals surface area contributed by atoms with Crippen LogP contribution in [0.15, 0.2) is 103 Å². The van der Waals surface area contributed by atoms with Crippen LogP contribution in [0.5, 0.6) is 0 Å². The molecule has 1 heterocycles. The number of carbonyl (C=O) groups is 1. The summed E-state index contributed by atoms with van der Waals surface area (Å²) in [6.07, 6.45) is -0.391. The van der Waals surface area contributed by atoms with E-state index in [1.54, 1.807) is 41.3 Å².